The lowest BCUT2D eigenvalue weighted by Crippen LogP contribution is -2.42. The molecule has 0 aliphatic carbocycles. The SMILES string of the molecule is O=S1(=O)C2CCC1CC(O)(c1coc3ccccc13)C2. The van der Waals surface area contributed by atoms with Gasteiger partial charge in [-0.25, -0.2) is 8.42 Å². The van der Waals surface area contributed by atoms with E-state index in [2.05, 4.69) is 0 Å². The monoisotopic (exact) mass is 292 g/mol. The van der Waals surface area contributed by atoms with Gasteiger partial charge < -0.3 is 9.52 Å². The van der Waals surface area contributed by atoms with Crippen LogP contribution in [0.4, 0.5) is 0 Å². The average molecular weight is 292 g/mol. The molecular formula is C15H16O4S. The summed E-state index contributed by atoms with van der Waals surface area (Å²) >= 11 is 0. The molecule has 2 fully saturated rings. The maximum absolute atomic E-state index is 12.2. The molecule has 2 bridgehead atoms. The van der Waals surface area contributed by atoms with Crippen molar-refractivity contribution in [3.05, 3.63) is 36.1 Å². The molecule has 2 saturated heterocycles. The zero-order valence-electron chi connectivity index (χ0n) is 11.0. The van der Waals surface area contributed by atoms with Crippen LogP contribution in [0.5, 0.6) is 0 Å². The first-order valence-electron chi connectivity index (χ1n) is 6.92. The first-order chi connectivity index (χ1) is 9.51. The smallest absolute Gasteiger partial charge is 0.156 e. The topological polar surface area (TPSA) is 67.5 Å². The maximum Gasteiger partial charge on any atom is 0.156 e. The summed E-state index contributed by atoms with van der Waals surface area (Å²) in [6, 6.07) is 7.56. The quantitative estimate of drug-likeness (QED) is 0.876. The lowest BCUT2D eigenvalue weighted by atomic mass is 9.86. The second-order valence-corrected chi connectivity index (χ2v) is 8.51. The van der Waals surface area contributed by atoms with Crippen molar-refractivity contribution in [3.8, 4) is 0 Å². The summed E-state index contributed by atoms with van der Waals surface area (Å²) in [5.41, 5.74) is 0.389. The zero-order chi connectivity index (χ0) is 14.0. The van der Waals surface area contributed by atoms with Crippen molar-refractivity contribution in [1.82, 2.24) is 0 Å². The molecule has 106 valence electrons. The van der Waals surface area contributed by atoms with Crippen LogP contribution in [0.25, 0.3) is 11.0 Å². The van der Waals surface area contributed by atoms with Crippen LogP contribution in [0.3, 0.4) is 0 Å². The Hall–Kier alpha value is -1.33. The van der Waals surface area contributed by atoms with Crippen LogP contribution in [0.1, 0.15) is 31.2 Å². The van der Waals surface area contributed by atoms with E-state index in [4.69, 9.17) is 4.42 Å². The van der Waals surface area contributed by atoms with Gasteiger partial charge >= 0.3 is 0 Å². The van der Waals surface area contributed by atoms with E-state index in [1.54, 1.807) is 6.26 Å². The number of benzene rings is 1. The Bertz CT molecular complexity index is 754. The van der Waals surface area contributed by atoms with Gasteiger partial charge in [-0.3, -0.25) is 0 Å². The first kappa shape index (κ1) is 12.4. The standard InChI is InChI=1S/C15H16O4S/c16-15(7-10-5-6-11(8-15)20(10,17)18)13-9-19-14-4-2-1-3-12(13)14/h1-4,9-11,16H,5-8H2. The molecule has 0 spiro atoms. The summed E-state index contributed by atoms with van der Waals surface area (Å²) in [7, 11) is -3.04. The third kappa shape index (κ3) is 1.53. The van der Waals surface area contributed by atoms with Crippen LogP contribution < -0.4 is 0 Å². The van der Waals surface area contributed by atoms with Gasteiger partial charge in [0.1, 0.15) is 5.58 Å². The van der Waals surface area contributed by atoms with Crippen LogP contribution in [-0.2, 0) is 15.4 Å². The third-order valence-electron chi connectivity index (χ3n) is 4.85. The highest BCUT2D eigenvalue weighted by molar-refractivity contribution is 7.93. The summed E-state index contributed by atoms with van der Waals surface area (Å²) in [4.78, 5) is 0. The molecule has 5 heteroatoms. The number of para-hydroxylation sites is 1. The Morgan fingerprint density at radius 1 is 1.15 bits per heavy atom. The summed E-state index contributed by atoms with van der Waals surface area (Å²) in [6.07, 6.45) is 3.50. The molecule has 2 aliphatic rings. The molecule has 4 rings (SSSR count). The van der Waals surface area contributed by atoms with Crippen LogP contribution in [0.15, 0.2) is 34.9 Å². The second kappa shape index (κ2) is 3.86. The molecule has 1 aromatic carbocycles. The largest absolute Gasteiger partial charge is 0.464 e. The van der Waals surface area contributed by atoms with Crippen molar-refractivity contribution in [2.24, 2.45) is 0 Å². The minimum atomic E-state index is -3.04. The lowest BCUT2D eigenvalue weighted by Gasteiger charge is -2.35. The van der Waals surface area contributed by atoms with Gasteiger partial charge in [0.2, 0.25) is 0 Å². The van der Waals surface area contributed by atoms with E-state index in [0.717, 1.165) is 16.5 Å². The number of furan rings is 1. The highest BCUT2D eigenvalue weighted by atomic mass is 32.2. The molecule has 0 amide bonds. The number of rotatable bonds is 1. The lowest BCUT2D eigenvalue weighted by molar-refractivity contribution is 0.0180. The van der Waals surface area contributed by atoms with E-state index in [-0.39, 0.29) is 12.8 Å². The number of hydrogen-bond acceptors (Lipinski definition) is 4. The van der Waals surface area contributed by atoms with E-state index in [1.807, 2.05) is 24.3 Å². The molecular weight excluding hydrogens is 276 g/mol. The van der Waals surface area contributed by atoms with Crippen molar-refractivity contribution < 1.29 is 17.9 Å². The van der Waals surface area contributed by atoms with E-state index >= 15 is 0 Å². The van der Waals surface area contributed by atoms with Crippen molar-refractivity contribution in [1.29, 1.82) is 0 Å². The molecule has 4 nitrogen and oxygen atoms in total. The Morgan fingerprint density at radius 3 is 2.50 bits per heavy atom. The highest BCUT2D eigenvalue weighted by Crippen LogP contribution is 2.49. The average Bonchev–Trinajstić information content (AvgIpc) is 2.88. The van der Waals surface area contributed by atoms with E-state index in [9.17, 15) is 13.5 Å². The molecule has 0 radical (unpaired) electrons. The minimum absolute atomic E-state index is 0.287. The molecule has 3 heterocycles. The van der Waals surface area contributed by atoms with Gasteiger partial charge in [0.15, 0.2) is 9.84 Å². The van der Waals surface area contributed by atoms with Gasteiger partial charge in [0, 0.05) is 10.9 Å². The van der Waals surface area contributed by atoms with Gasteiger partial charge in [-0.05, 0) is 31.7 Å². The molecule has 0 saturated carbocycles. The fourth-order valence-corrected chi connectivity index (χ4v) is 6.29. The van der Waals surface area contributed by atoms with Gasteiger partial charge in [0.25, 0.3) is 0 Å². The Balaban J connectivity index is 1.83. The van der Waals surface area contributed by atoms with Crippen molar-refractivity contribution in [2.75, 3.05) is 0 Å². The summed E-state index contributed by atoms with van der Waals surface area (Å²) in [5, 5.41) is 11.1. The van der Waals surface area contributed by atoms with Gasteiger partial charge in [-0.2, -0.15) is 0 Å². The number of hydrogen-bond donors (Lipinski definition) is 1. The fraction of sp³-hybridized carbons (Fsp3) is 0.467. The zero-order valence-corrected chi connectivity index (χ0v) is 11.8. The molecule has 2 aromatic rings. The van der Waals surface area contributed by atoms with Crippen LogP contribution in [0, 0.1) is 0 Å². The van der Waals surface area contributed by atoms with Crippen LogP contribution in [-0.4, -0.2) is 24.0 Å². The molecule has 2 aliphatic heterocycles. The predicted octanol–water partition coefficient (Wildman–Crippen LogP) is 2.36. The third-order valence-corrected chi connectivity index (χ3v) is 7.52. The predicted molar refractivity (Wildman–Crippen MR) is 75.1 cm³/mol. The summed E-state index contributed by atoms with van der Waals surface area (Å²) in [5.74, 6) is 0. The number of sulfone groups is 1. The maximum atomic E-state index is 12.2. The van der Waals surface area contributed by atoms with Crippen molar-refractivity contribution in [3.63, 3.8) is 0 Å². The molecule has 2 unspecified atom stereocenters. The normalized spacial score (nSPS) is 35.5. The van der Waals surface area contributed by atoms with Gasteiger partial charge in [0.05, 0.1) is 22.4 Å². The van der Waals surface area contributed by atoms with Crippen LogP contribution in [0.2, 0.25) is 0 Å². The Kier molecular flexibility index (Phi) is 2.40. The Labute approximate surface area is 117 Å². The fourth-order valence-electron chi connectivity index (χ4n) is 3.80. The van der Waals surface area contributed by atoms with Crippen molar-refractivity contribution >= 4 is 20.8 Å². The van der Waals surface area contributed by atoms with Crippen molar-refractivity contribution in [2.45, 2.75) is 41.8 Å². The van der Waals surface area contributed by atoms with E-state index < -0.39 is 25.9 Å². The Morgan fingerprint density at radius 2 is 1.80 bits per heavy atom. The number of fused-ring (bicyclic) bond motifs is 3. The minimum Gasteiger partial charge on any atom is -0.464 e. The summed E-state index contributed by atoms with van der Waals surface area (Å²) in [6.45, 7) is 0. The molecule has 1 N–H and O–H groups in total. The molecule has 20 heavy (non-hydrogen) atoms. The van der Waals surface area contributed by atoms with Crippen LogP contribution >= 0.6 is 0 Å². The second-order valence-electron chi connectivity index (χ2n) is 6.00. The molecule has 2 atom stereocenters. The van der Waals surface area contributed by atoms with Gasteiger partial charge in [-0.1, -0.05) is 18.2 Å². The number of aliphatic hydroxyl groups is 1. The first-order valence-corrected chi connectivity index (χ1v) is 8.53. The molecule has 1 aromatic heterocycles. The van der Waals surface area contributed by atoms with E-state index in [1.165, 1.54) is 0 Å². The highest BCUT2D eigenvalue weighted by Gasteiger charge is 2.53. The summed E-state index contributed by atoms with van der Waals surface area (Å²) < 4.78 is 29.8. The van der Waals surface area contributed by atoms with Gasteiger partial charge in [-0.15, -0.1) is 0 Å². The van der Waals surface area contributed by atoms with E-state index in [0.29, 0.717) is 12.8 Å².